The molecule has 0 aromatic heterocycles. The van der Waals surface area contributed by atoms with Gasteiger partial charge in [-0.1, -0.05) is 23.2 Å². The molecular weight excluding hydrogens is 251 g/mol. The SMILES string of the molecule is O=C(O)CCN1CCN(CC(Cl)=CCl)CC1. The summed E-state index contributed by atoms with van der Waals surface area (Å²) in [6.07, 6.45) is 0.211. The van der Waals surface area contributed by atoms with Gasteiger partial charge in [-0.15, -0.1) is 0 Å². The number of carbonyl (C=O) groups is 1. The van der Waals surface area contributed by atoms with Crippen LogP contribution >= 0.6 is 23.2 Å². The van der Waals surface area contributed by atoms with Crippen LogP contribution in [0.4, 0.5) is 0 Å². The Bertz CT molecular complexity index is 264. The van der Waals surface area contributed by atoms with Gasteiger partial charge in [0, 0.05) is 49.8 Å². The van der Waals surface area contributed by atoms with Gasteiger partial charge < -0.3 is 10.0 Å². The molecule has 0 bridgehead atoms. The molecule has 1 N–H and O–H groups in total. The largest absolute Gasteiger partial charge is 0.481 e. The number of halogens is 2. The van der Waals surface area contributed by atoms with E-state index in [-0.39, 0.29) is 6.42 Å². The van der Waals surface area contributed by atoms with Gasteiger partial charge in [-0.05, 0) is 0 Å². The Morgan fingerprint density at radius 3 is 2.31 bits per heavy atom. The number of hydrogen-bond donors (Lipinski definition) is 1. The van der Waals surface area contributed by atoms with Gasteiger partial charge in [-0.3, -0.25) is 9.69 Å². The molecule has 0 atom stereocenters. The lowest BCUT2D eigenvalue weighted by atomic mass is 10.3. The summed E-state index contributed by atoms with van der Waals surface area (Å²) in [5, 5.41) is 9.21. The quantitative estimate of drug-likeness (QED) is 0.817. The fourth-order valence-corrected chi connectivity index (χ4v) is 1.91. The van der Waals surface area contributed by atoms with Gasteiger partial charge in [0.15, 0.2) is 0 Å². The topological polar surface area (TPSA) is 43.8 Å². The standard InChI is InChI=1S/C10H16Cl2N2O2/c11-7-9(12)8-14-5-3-13(4-6-14)2-1-10(15)16/h7H,1-6,8H2,(H,15,16). The number of piperazine rings is 1. The van der Waals surface area contributed by atoms with E-state index in [1.165, 1.54) is 5.54 Å². The summed E-state index contributed by atoms with van der Waals surface area (Å²) in [4.78, 5) is 14.8. The Balaban J connectivity index is 2.20. The van der Waals surface area contributed by atoms with Crippen LogP contribution in [0.2, 0.25) is 0 Å². The van der Waals surface area contributed by atoms with Gasteiger partial charge >= 0.3 is 5.97 Å². The van der Waals surface area contributed by atoms with Crippen molar-refractivity contribution in [3.8, 4) is 0 Å². The molecule has 92 valence electrons. The highest BCUT2D eigenvalue weighted by atomic mass is 35.5. The van der Waals surface area contributed by atoms with E-state index < -0.39 is 5.97 Å². The third kappa shape index (κ3) is 5.16. The fourth-order valence-electron chi connectivity index (χ4n) is 1.67. The van der Waals surface area contributed by atoms with Crippen molar-refractivity contribution >= 4 is 29.2 Å². The van der Waals surface area contributed by atoms with Crippen LogP contribution in [0, 0.1) is 0 Å². The minimum absolute atomic E-state index is 0.211. The molecule has 0 radical (unpaired) electrons. The van der Waals surface area contributed by atoms with E-state index >= 15 is 0 Å². The van der Waals surface area contributed by atoms with Crippen molar-refractivity contribution in [3.05, 3.63) is 10.6 Å². The summed E-state index contributed by atoms with van der Waals surface area (Å²) in [7, 11) is 0. The van der Waals surface area contributed by atoms with Crippen LogP contribution in [-0.4, -0.2) is 60.1 Å². The highest BCUT2D eigenvalue weighted by molar-refractivity contribution is 6.36. The van der Waals surface area contributed by atoms with Gasteiger partial charge in [0.1, 0.15) is 0 Å². The zero-order chi connectivity index (χ0) is 12.0. The van der Waals surface area contributed by atoms with E-state index in [0.29, 0.717) is 18.1 Å². The Morgan fingerprint density at radius 2 is 1.81 bits per heavy atom. The van der Waals surface area contributed by atoms with E-state index in [2.05, 4.69) is 9.80 Å². The first-order chi connectivity index (χ1) is 7.61. The van der Waals surface area contributed by atoms with E-state index in [1.54, 1.807) is 0 Å². The monoisotopic (exact) mass is 266 g/mol. The average molecular weight is 267 g/mol. The Morgan fingerprint density at radius 1 is 1.25 bits per heavy atom. The Kier molecular flexibility index (Phi) is 6.13. The third-order valence-corrected chi connectivity index (χ3v) is 3.20. The molecule has 1 aliphatic rings. The molecule has 0 aliphatic carbocycles. The van der Waals surface area contributed by atoms with Crippen LogP contribution in [0.1, 0.15) is 6.42 Å². The molecule has 1 fully saturated rings. The zero-order valence-corrected chi connectivity index (χ0v) is 10.5. The molecule has 0 aromatic carbocycles. The molecule has 1 rings (SSSR count). The summed E-state index contributed by atoms with van der Waals surface area (Å²) in [6, 6.07) is 0. The second-order valence-electron chi connectivity index (χ2n) is 3.82. The van der Waals surface area contributed by atoms with Crippen molar-refractivity contribution in [3.63, 3.8) is 0 Å². The van der Waals surface area contributed by atoms with Crippen molar-refractivity contribution in [2.75, 3.05) is 39.3 Å². The van der Waals surface area contributed by atoms with Gasteiger partial charge in [0.2, 0.25) is 0 Å². The van der Waals surface area contributed by atoms with E-state index in [4.69, 9.17) is 28.3 Å². The predicted octanol–water partition coefficient (Wildman–Crippen LogP) is 1.40. The molecule has 6 heteroatoms. The van der Waals surface area contributed by atoms with Crippen molar-refractivity contribution in [2.45, 2.75) is 6.42 Å². The first kappa shape index (κ1) is 13.8. The van der Waals surface area contributed by atoms with Gasteiger partial charge in [0.05, 0.1) is 6.42 Å². The molecule has 0 aromatic rings. The summed E-state index contributed by atoms with van der Waals surface area (Å²) >= 11 is 11.3. The van der Waals surface area contributed by atoms with Crippen molar-refractivity contribution in [1.82, 2.24) is 9.80 Å². The second kappa shape index (κ2) is 7.12. The van der Waals surface area contributed by atoms with E-state index in [0.717, 1.165) is 26.2 Å². The van der Waals surface area contributed by atoms with Crippen LogP contribution in [0.3, 0.4) is 0 Å². The minimum Gasteiger partial charge on any atom is -0.481 e. The van der Waals surface area contributed by atoms with Crippen molar-refractivity contribution in [2.24, 2.45) is 0 Å². The third-order valence-electron chi connectivity index (χ3n) is 2.60. The van der Waals surface area contributed by atoms with Gasteiger partial charge in [0.25, 0.3) is 0 Å². The van der Waals surface area contributed by atoms with E-state index in [9.17, 15) is 4.79 Å². The van der Waals surface area contributed by atoms with Gasteiger partial charge in [-0.2, -0.15) is 0 Å². The molecule has 4 nitrogen and oxygen atoms in total. The maximum atomic E-state index is 10.4. The molecule has 1 aliphatic heterocycles. The summed E-state index contributed by atoms with van der Waals surface area (Å²) in [5.41, 5.74) is 1.39. The first-order valence-electron chi connectivity index (χ1n) is 5.23. The molecule has 0 amide bonds. The maximum Gasteiger partial charge on any atom is 0.304 e. The molecule has 1 heterocycles. The van der Waals surface area contributed by atoms with Crippen LogP contribution in [0.25, 0.3) is 0 Å². The van der Waals surface area contributed by atoms with Crippen LogP contribution in [0.5, 0.6) is 0 Å². The van der Waals surface area contributed by atoms with Crippen LogP contribution in [0.15, 0.2) is 10.6 Å². The van der Waals surface area contributed by atoms with Crippen molar-refractivity contribution in [1.29, 1.82) is 0 Å². The highest BCUT2D eigenvalue weighted by Crippen LogP contribution is 2.09. The Labute approximate surface area is 105 Å². The highest BCUT2D eigenvalue weighted by Gasteiger charge is 2.17. The summed E-state index contributed by atoms with van der Waals surface area (Å²) in [6.45, 7) is 4.89. The number of nitrogens with zero attached hydrogens (tertiary/aromatic N) is 2. The molecular formula is C10H16Cl2N2O2. The molecule has 0 unspecified atom stereocenters. The maximum absolute atomic E-state index is 10.4. The molecule has 0 saturated carbocycles. The lowest BCUT2D eigenvalue weighted by Gasteiger charge is -2.34. The average Bonchev–Trinajstić information content (AvgIpc) is 2.28. The first-order valence-corrected chi connectivity index (χ1v) is 6.04. The number of aliphatic carboxylic acids is 1. The number of hydrogen-bond acceptors (Lipinski definition) is 3. The van der Waals surface area contributed by atoms with Gasteiger partial charge in [-0.25, -0.2) is 0 Å². The predicted molar refractivity (Wildman–Crippen MR) is 64.9 cm³/mol. The van der Waals surface area contributed by atoms with Crippen molar-refractivity contribution < 1.29 is 9.90 Å². The number of carboxylic acid groups (broad SMARTS) is 1. The lowest BCUT2D eigenvalue weighted by Crippen LogP contribution is -2.47. The fraction of sp³-hybridized carbons (Fsp3) is 0.700. The molecule has 1 saturated heterocycles. The lowest BCUT2D eigenvalue weighted by molar-refractivity contribution is -0.137. The normalized spacial score (nSPS) is 20.0. The smallest absolute Gasteiger partial charge is 0.304 e. The Hall–Kier alpha value is -0.290. The summed E-state index contributed by atoms with van der Waals surface area (Å²) in [5.74, 6) is -0.740. The number of rotatable bonds is 5. The van der Waals surface area contributed by atoms with Crippen LogP contribution < -0.4 is 0 Å². The summed E-state index contributed by atoms with van der Waals surface area (Å²) < 4.78 is 0. The van der Waals surface area contributed by atoms with Crippen LogP contribution in [-0.2, 0) is 4.79 Å². The second-order valence-corrected chi connectivity index (χ2v) is 4.52. The molecule has 0 spiro atoms. The van der Waals surface area contributed by atoms with E-state index in [1.807, 2.05) is 0 Å². The zero-order valence-electron chi connectivity index (χ0n) is 9.03. The minimum atomic E-state index is -0.740. The number of carboxylic acids is 1. The molecule has 16 heavy (non-hydrogen) atoms.